The number of likely N-dealkylation sites (N-methyl/N-ethyl adjacent to an activating group) is 1. The third kappa shape index (κ3) is 75.7. The van der Waals surface area contributed by atoms with Crippen LogP contribution in [-0.4, -0.2) is 82.3 Å². The van der Waals surface area contributed by atoms with E-state index in [1.165, 1.54) is 392 Å². The highest BCUT2D eigenvalue weighted by atomic mass is 16.7. The van der Waals surface area contributed by atoms with E-state index in [4.69, 9.17) is 18.9 Å². The van der Waals surface area contributed by atoms with Gasteiger partial charge in [-0.25, -0.2) is 0 Å². The van der Waals surface area contributed by atoms with Gasteiger partial charge in [0.25, 0.3) is 0 Å². The summed E-state index contributed by atoms with van der Waals surface area (Å²) >= 11 is 0. The lowest BCUT2D eigenvalue weighted by Gasteiger charge is -2.26. The van der Waals surface area contributed by atoms with Crippen LogP contribution in [0.2, 0.25) is 0 Å². The zero-order valence-electron chi connectivity index (χ0n) is 63.0. The first kappa shape index (κ1) is 90.3. The summed E-state index contributed by atoms with van der Waals surface area (Å²) in [5.41, 5.74) is 0. The average Bonchev–Trinajstić information content (AvgIpc) is 3.53. The molecule has 0 bridgehead atoms. The van der Waals surface area contributed by atoms with Crippen LogP contribution in [0, 0.1) is 0 Å². The van der Waals surface area contributed by atoms with Gasteiger partial charge in [0.2, 0.25) is 0 Å². The predicted molar refractivity (Wildman–Crippen MR) is 394 cm³/mol. The van der Waals surface area contributed by atoms with Gasteiger partial charge in [-0.05, 0) is 12.8 Å². The molecule has 0 aliphatic rings. The van der Waals surface area contributed by atoms with Crippen molar-refractivity contribution in [2.24, 2.45) is 0 Å². The molecular weight excluding hydrogens is 1140 g/mol. The predicted octanol–water partition coefficient (Wildman–Crippen LogP) is 25.2. The van der Waals surface area contributed by atoms with Crippen LogP contribution >= 0.6 is 0 Å². The van der Waals surface area contributed by atoms with Crippen molar-refractivity contribution in [2.75, 3.05) is 47.5 Å². The van der Waals surface area contributed by atoms with Gasteiger partial charge in [0.05, 0.1) is 40.3 Å². The molecule has 0 saturated carbocycles. The number of aliphatic carboxylic acids is 1. The van der Waals surface area contributed by atoms with Crippen LogP contribution < -0.4 is 5.11 Å². The summed E-state index contributed by atoms with van der Waals surface area (Å²) in [5.74, 6) is -2.24. The number of hydrogen-bond acceptors (Lipinski definition) is 8. The third-order valence-electron chi connectivity index (χ3n) is 19.6. The Hall–Kier alpha value is -1.71. The molecule has 9 heteroatoms. The molecule has 0 aromatic heterocycles. The molecular formula is C83H163NO8. The van der Waals surface area contributed by atoms with Crippen molar-refractivity contribution in [3.63, 3.8) is 0 Å². The summed E-state index contributed by atoms with van der Waals surface area (Å²) in [6.45, 7) is 4.86. The fraction of sp³-hybridized carbons (Fsp3) is 0.964. The smallest absolute Gasteiger partial charge is 0.306 e. The Balaban J connectivity index is 3.92. The van der Waals surface area contributed by atoms with Gasteiger partial charge in [0.1, 0.15) is 13.2 Å². The molecule has 0 heterocycles. The van der Waals surface area contributed by atoms with E-state index in [2.05, 4.69) is 13.8 Å². The highest BCUT2D eigenvalue weighted by Crippen LogP contribution is 2.21. The van der Waals surface area contributed by atoms with E-state index in [1.54, 1.807) is 0 Å². The van der Waals surface area contributed by atoms with Gasteiger partial charge in [-0.2, -0.15) is 0 Å². The molecule has 0 rings (SSSR count). The van der Waals surface area contributed by atoms with Gasteiger partial charge >= 0.3 is 11.9 Å². The van der Waals surface area contributed by atoms with E-state index in [1.807, 2.05) is 21.1 Å². The Labute approximate surface area is 574 Å². The van der Waals surface area contributed by atoms with E-state index in [9.17, 15) is 19.5 Å². The molecule has 548 valence electrons. The van der Waals surface area contributed by atoms with Gasteiger partial charge in [0.15, 0.2) is 12.4 Å². The molecule has 0 radical (unpaired) electrons. The number of esters is 2. The van der Waals surface area contributed by atoms with Crippen LogP contribution in [0.5, 0.6) is 0 Å². The zero-order chi connectivity index (χ0) is 66.8. The molecule has 2 atom stereocenters. The number of rotatable bonds is 80. The molecule has 2 unspecified atom stereocenters. The second-order valence-electron chi connectivity index (χ2n) is 30.1. The van der Waals surface area contributed by atoms with Gasteiger partial charge in [0, 0.05) is 12.8 Å². The first-order valence-electron chi connectivity index (χ1n) is 41.7. The van der Waals surface area contributed by atoms with Crippen LogP contribution in [0.3, 0.4) is 0 Å². The lowest BCUT2D eigenvalue weighted by Crippen LogP contribution is -2.44. The molecule has 0 fully saturated rings. The van der Waals surface area contributed by atoms with Crippen LogP contribution in [0.4, 0.5) is 0 Å². The highest BCUT2D eigenvalue weighted by molar-refractivity contribution is 5.70. The quantitative estimate of drug-likeness (QED) is 0.0256. The van der Waals surface area contributed by atoms with Crippen molar-refractivity contribution < 1.29 is 42.9 Å². The monoisotopic (exact) mass is 1300 g/mol. The summed E-state index contributed by atoms with van der Waals surface area (Å²) in [6, 6.07) is 0. The fourth-order valence-electron chi connectivity index (χ4n) is 13.3. The maximum Gasteiger partial charge on any atom is 0.306 e. The molecule has 0 aliphatic heterocycles. The summed E-state index contributed by atoms with van der Waals surface area (Å²) in [5, 5.41) is 11.9. The minimum atomic E-state index is -1.62. The van der Waals surface area contributed by atoms with E-state index < -0.39 is 24.3 Å². The number of ether oxygens (including phenoxy) is 4. The number of nitrogens with zero attached hydrogens (tertiary/aromatic N) is 1. The van der Waals surface area contributed by atoms with Crippen molar-refractivity contribution in [3.05, 3.63) is 0 Å². The minimum Gasteiger partial charge on any atom is -0.545 e. The number of carbonyl (C=O) groups is 3. The Kier molecular flexibility index (Phi) is 73.7. The second-order valence-corrected chi connectivity index (χ2v) is 30.1. The SMILES string of the molecule is CCCCCCCCCCCCCCCCCCCCCCCCCCCCCCCCCCCCCCC(=O)OC(COC(=O)CCCCCCCCCCCCCCCCCCCCCCCCCCCCCCCCC)COC(OCC[N+](C)(C)C)C(=O)[O-]. The summed E-state index contributed by atoms with van der Waals surface area (Å²) in [7, 11) is 5.96. The van der Waals surface area contributed by atoms with Gasteiger partial charge in [-0.1, -0.05) is 431 Å². The van der Waals surface area contributed by atoms with Crippen LogP contribution in [0.25, 0.3) is 0 Å². The lowest BCUT2D eigenvalue weighted by molar-refractivity contribution is -0.870. The molecule has 9 nitrogen and oxygen atoms in total. The van der Waals surface area contributed by atoms with E-state index >= 15 is 0 Å². The minimum absolute atomic E-state index is 0.154. The molecule has 0 aliphatic carbocycles. The van der Waals surface area contributed by atoms with Crippen LogP contribution in [-0.2, 0) is 33.3 Å². The Morgan fingerprint density at radius 2 is 0.489 bits per heavy atom. The fourth-order valence-corrected chi connectivity index (χ4v) is 13.3. The number of carbonyl (C=O) groups excluding carboxylic acids is 3. The van der Waals surface area contributed by atoms with E-state index in [0.29, 0.717) is 17.4 Å². The molecule has 0 amide bonds. The zero-order valence-corrected chi connectivity index (χ0v) is 63.0. The first-order chi connectivity index (χ1) is 45.1. The Morgan fingerprint density at radius 3 is 0.696 bits per heavy atom. The molecule has 0 aromatic carbocycles. The average molecular weight is 1300 g/mol. The molecule has 0 spiro atoms. The van der Waals surface area contributed by atoms with Crippen LogP contribution in [0.15, 0.2) is 0 Å². The molecule has 92 heavy (non-hydrogen) atoms. The first-order valence-corrected chi connectivity index (χ1v) is 41.7. The number of hydrogen-bond donors (Lipinski definition) is 0. The Bertz CT molecular complexity index is 1470. The number of carboxylic acids is 1. The summed E-state index contributed by atoms with van der Waals surface area (Å²) in [6.07, 6.45) is 89.7. The maximum absolute atomic E-state index is 13.0. The van der Waals surface area contributed by atoms with Gasteiger partial charge in [-0.3, -0.25) is 9.59 Å². The van der Waals surface area contributed by atoms with Crippen molar-refractivity contribution in [1.82, 2.24) is 0 Å². The molecule has 0 aromatic rings. The normalized spacial score (nSPS) is 12.5. The number of carboxylic acid groups (broad SMARTS) is 1. The van der Waals surface area contributed by atoms with Crippen molar-refractivity contribution in [2.45, 2.75) is 469 Å². The maximum atomic E-state index is 13.0. The second kappa shape index (κ2) is 75.1. The van der Waals surface area contributed by atoms with Gasteiger partial charge in [-0.15, -0.1) is 0 Å². The summed E-state index contributed by atoms with van der Waals surface area (Å²) in [4.78, 5) is 37.6. The molecule has 0 saturated heterocycles. The standard InChI is InChI=1S/C83H163NO8/c1-6-8-10-12-14-16-18-20-22-24-26-28-30-32-34-36-38-39-40-41-42-44-46-48-50-52-54-56-58-60-62-64-66-68-70-72-74-81(86)92-79(78-91-83(82(87)88)89-76-75-84(3,4)5)77-90-80(85)73-71-69-67-65-63-61-59-57-55-53-51-49-47-45-43-37-35-33-31-29-27-25-23-21-19-17-15-13-11-9-7-2/h79,83H,6-78H2,1-5H3. The number of quaternary nitrogens is 1. The third-order valence-corrected chi connectivity index (χ3v) is 19.6. The summed E-state index contributed by atoms with van der Waals surface area (Å²) < 4.78 is 22.9. The Morgan fingerprint density at radius 1 is 0.283 bits per heavy atom. The number of unbranched alkanes of at least 4 members (excludes halogenated alkanes) is 65. The lowest BCUT2D eigenvalue weighted by atomic mass is 10.0. The highest BCUT2D eigenvalue weighted by Gasteiger charge is 2.22. The van der Waals surface area contributed by atoms with Crippen LogP contribution in [0.1, 0.15) is 457 Å². The topological polar surface area (TPSA) is 111 Å². The molecule has 0 N–H and O–H groups in total. The largest absolute Gasteiger partial charge is 0.545 e. The van der Waals surface area contributed by atoms with Crippen molar-refractivity contribution in [1.29, 1.82) is 0 Å². The van der Waals surface area contributed by atoms with Crippen molar-refractivity contribution in [3.8, 4) is 0 Å². The van der Waals surface area contributed by atoms with Gasteiger partial charge < -0.3 is 33.3 Å². The van der Waals surface area contributed by atoms with E-state index in [0.717, 1.165) is 38.5 Å². The van der Waals surface area contributed by atoms with E-state index in [-0.39, 0.29) is 32.2 Å². The van der Waals surface area contributed by atoms with Crippen molar-refractivity contribution >= 4 is 17.9 Å².